The molecular formula is C22H26O. The molecule has 2 atom stereocenters. The summed E-state index contributed by atoms with van der Waals surface area (Å²) in [6.07, 6.45) is 7.80. The smallest absolute Gasteiger partial charge is 0.124 e. The Morgan fingerprint density at radius 1 is 0.783 bits per heavy atom. The van der Waals surface area contributed by atoms with Crippen molar-refractivity contribution in [1.29, 1.82) is 0 Å². The van der Waals surface area contributed by atoms with Crippen molar-refractivity contribution >= 4 is 0 Å². The van der Waals surface area contributed by atoms with Gasteiger partial charge in [-0.15, -0.1) is 0 Å². The van der Waals surface area contributed by atoms with Gasteiger partial charge in [-0.05, 0) is 30.9 Å². The zero-order valence-electron chi connectivity index (χ0n) is 14.0. The van der Waals surface area contributed by atoms with Gasteiger partial charge in [-0.1, -0.05) is 86.3 Å². The molecule has 0 spiro atoms. The minimum absolute atomic E-state index is 0.0338. The highest BCUT2D eigenvalue weighted by Crippen LogP contribution is 2.61. The fraction of sp³-hybridized carbons (Fsp3) is 0.455. The number of fused-ring (bicyclic) bond motifs is 1. The molecule has 1 aliphatic carbocycles. The topological polar surface area (TPSA) is 9.23 Å². The number of hydrogen-bond acceptors (Lipinski definition) is 1. The van der Waals surface area contributed by atoms with Crippen LogP contribution in [0.2, 0.25) is 0 Å². The summed E-state index contributed by atoms with van der Waals surface area (Å²) in [6, 6.07) is 21.7. The van der Waals surface area contributed by atoms with Gasteiger partial charge in [-0.25, -0.2) is 0 Å². The van der Waals surface area contributed by atoms with Crippen LogP contribution in [0.25, 0.3) is 0 Å². The van der Waals surface area contributed by atoms with Gasteiger partial charge in [-0.2, -0.15) is 0 Å². The second kappa shape index (κ2) is 5.79. The molecule has 0 radical (unpaired) electrons. The van der Waals surface area contributed by atoms with Crippen molar-refractivity contribution in [2.45, 2.75) is 56.7 Å². The second-order valence-corrected chi connectivity index (χ2v) is 7.39. The molecule has 1 saturated heterocycles. The van der Waals surface area contributed by atoms with Crippen LogP contribution in [-0.2, 0) is 10.3 Å². The van der Waals surface area contributed by atoms with E-state index in [9.17, 15) is 0 Å². The lowest BCUT2D eigenvalue weighted by Gasteiger charge is -2.63. The molecule has 1 saturated carbocycles. The third-order valence-electron chi connectivity index (χ3n) is 5.94. The van der Waals surface area contributed by atoms with Crippen LogP contribution in [0.1, 0.15) is 56.6 Å². The van der Waals surface area contributed by atoms with Crippen LogP contribution < -0.4 is 0 Å². The van der Waals surface area contributed by atoms with Gasteiger partial charge in [0.05, 0.1) is 5.60 Å². The van der Waals surface area contributed by atoms with Gasteiger partial charge >= 0.3 is 0 Å². The predicted molar refractivity (Wildman–Crippen MR) is 94.3 cm³/mol. The Bertz CT molecular complexity index is 609. The van der Waals surface area contributed by atoms with E-state index < -0.39 is 0 Å². The second-order valence-electron chi connectivity index (χ2n) is 7.39. The molecule has 4 rings (SSSR count). The Balaban J connectivity index is 1.82. The number of rotatable bonds is 2. The van der Waals surface area contributed by atoms with Crippen LogP contribution in [0.15, 0.2) is 60.7 Å². The molecule has 23 heavy (non-hydrogen) atoms. The maximum atomic E-state index is 6.83. The van der Waals surface area contributed by atoms with Gasteiger partial charge in [0, 0.05) is 5.92 Å². The molecule has 2 aromatic rings. The fourth-order valence-corrected chi connectivity index (χ4v) is 4.85. The summed E-state index contributed by atoms with van der Waals surface area (Å²) in [4.78, 5) is 0. The molecule has 120 valence electrons. The predicted octanol–water partition coefficient (Wildman–Crippen LogP) is 5.69. The van der Waals surface area contributed by atoms with Gasteiger partial charge in [0.1, 0.15) is 5.60 Å². The van der Waals surface area contributed by atoms with Crippen LogP contribution in [0.4, 0.5) is 0 Å². The first-order chi connectivity index (χ1) is 11.3. The van der Waals surface area contributed by atoms with E-state index in [0.29, 0.717) is 5.92 Å². The fourth-order valence-electron chi connectivity index (χ4n) is 4.85. The van der Waals surface area contributed by atoms with Gasteiger partial charge in [-0.3, -0.25) is 0 Å². The molecule has 0 bridgehead atoms. The first kappa shape index (κ1) is 15.0. The Hall–Kier alpha value is -1.60. The Labute approximate surface area is 139 Å². The van der Waals surface area contributed by atoms with Crippen molar-refractivity contribution in [1.82, 2.24) is 0 Å². The van der Waals surface area contributed by atoms with Crippen molar-refractivity contribution in [2.24, 2.45) is 5.92 Å². The van der Waals surface area contributed by atoms with E-state index in [-0.39, 0.29) is 11.2 Å². The third kappa shape index (κ3) is 2.33. The van der Waals surface area contributed by atoms with Crippen LogP contribution in [0.5, 0.6) is 0 Å². The molecule has 1 heterocycles. The van der Waals surface area contributed by atoms with Gasteiger partial charge in [0.15, 0.2) is 0 Å². The lowest BCUT2D eigenvalue weighted by molar-refractivity contribution is -0.313. The summed E-state index contributed by atoms with van der Waals surface area (Å²) < 4.78 is 6.83. The van der Waals surface area contributed by atoms with E-state index in [0.717, 1.165) is 0 Å². The Morgan fingerprint density at radius 2 is 1.35 bits per heavy atom. The standard InChI is InChI=1S/C22H26O/c1-21-17-11-3-2-10-16-20(21)22(23-21,18-12-6-4-7-13-18)19-14-8-5-9-15-19/h4-9,12-15,20H,2-3,10-11,16-17H2,1H3/t20-,21-/m1/s1. The van der Waals surface area contributed by atoms with Crippen LogP contribution >= 0.6 is 0 Å². The van der Waals surface area contributed by atoms with Crippen molar-refractivity contribution in [3.05, 3.63) is 71.8 Å². The molecule has 2 fully saturated rings. The van der Waals surface area contributed by atoms with Gasteiger partial charge in [0.2, 0.25) is 0 Å². The van der Waals surface area contributed by atoms with E-state index in [1.807, 2.05) is 0 Å². The molecule has 1 nitrogen and oxygen atoms in total. The van der Waals surface area contributed by atoms with E-state index in [1.165, 1.54) is 49.7 Å². The normalized spacial score (nSPS) is 29.7. The van der Waals surface area contributed by atoms with Crippen molar-refractivity contribution in [3.63, 3.8) is 0 Å². The van der Waals surface area contributed by atoms with Gasteiger partial charge < -0.3 is 4.74 Å². The highest BCUT2D eigenvalue weighted by molar-refractivity contribution is 5.41. The van der Waals surface area contributed by atoms with Crippen LogP contribution in [0.3, 0.4) is 0 Å². The third-order valence-corrected chi connectivity index (χ3v) is 5.94. The minimum Gasteiger partial charge on any atom is -0.359 e. The SMILES string of the molecule is C[C@@]12CCCCCC[C@H]1C(c1ccccc1)(c1ccccc1)O2. The lowest BCUT2D eigenvalue weighted by Crippen LogP contribution is -2.65. The molecule has 0 unspecified atom stereocenters. The highest BCUT2D eigenvalue weighted by Gasteiger charge is 2.63. The maximum Gasteiger partial charge on any atom is 0.124 e. The Kier molecular flexibility index (Phi) is 3.77. The van der Waals surface area contributed by atoms with Crippen LogP contribution in [0, 0.1) is 5.92 Å². The quantitative estimate of drug-likeness (QED) is 0.692. The van der Waals surface area contributed by atoms with E-state index >= 15 is 0 Å². The molecule has 0 aromatic heterocycles. The van der Waals surface area contributed by atoms with Gasteiger partial charge in [0.25, 0.3) is 0 Å². The minimum atomic E-state index is -0.255. The Morgan fingerprint density at radius 3 is 1.96 bits per heavy atom. The average Bonchev–Trinajstić information content (AvgIpc) is 2.59. The summed E-state index contributed by atoms with van der Waals surface area (Å²) in [5.74, 6) is 0.570. The summed E-state index contributed by atoms with van der Waals surface area (Å²) in [7, 11) is 0. The molecule has 1 aliphatic heterocycles. The summed E-state index contributed by atoms with van der Waals surface area (Å²) in [5.41, 5.74) is 2.41. The summed E-state index contributed by atoms with van der Waals surface area (Å²) in [6.45, 7) is 2.34. The first-order valence-corrected chi connectivity index (χ1v) is 9.07. The molecular weight excluding hydrogens is 280 g/mol. The summed E-state index contributed by atoms with van der Waals surface area (Å²) in [5, 5.41) is 0. The lowest BCUT2D eigenvalue weighted by atomic mass is 9.59. The maximum absolute atomic E-state index is 6.83. The summed E-state index contributed by atoms with van der Waals surface area (Å²) >= 11 is 0. The van der Waals surface area contributed by atoms with Crippen molar-refractivity contribution in [3.8, 4) is 0 Å². The van der Waals surface area contributed by atoms with E-state index in [2.05, 4.69) is 67.6 Å². The number of ether oxygens (including phenoxy) is 1. The highest BCUT2D eigenvalue weighted by atomic mass is 16.6. The van der Waals surface area contributed by atoms with E-state index in [1.54, 1.807) is 0 Å². The molecule has 2 aromatic carbocycles. The molecule has 0 amide bonds. The molecule has 0 N–H and O–H groups in total. The largest absolute Gasteiger partial charge is 0.359 e. The van der Waals surface area contributed by atoms with Crippen LogP contribution in [-0.4, -0.2) is 5.60 Å². The zero-order valence-corrected chi connectivity index (χ0v) is 14.0. The van der Waals surface area contributed by atoms with Crippen molar-refractivity contribution < 1.29 is 4.74 Å². The molecule has 1 heteroatoms. The van der Waals surface area contributed by atoms with E-state index in [4.69, 9.17) is 4.74 Å². The monoisotopic (exact) mass is 306 g/mol. The average molecular weight is 306 g/mol. The number of hydrogen-bond donors (Lipinski definition) is 0. The first-order valence-electron chi connectivity index (χ1n) is 9.07. The zero-order chi connectivity index (χ0) is 15.8. The number of benzene rings is 2. The van der Waals surface area contributed by atoms with Crippen molar-refractivity contribution in [2.75, 3.05) is 0 Å². The molecule has 2 aliphatic rings.